The number of fused-ring (bicyclic) bond motifs is 1. The molecule has 1 aliphatic heterocycles. The molecule has 4 aromatic rings. The minimum atomic E-state index is -1.21. The standard InChI is InChI=1S/C29H27FN2O4/c30-24-7-5-22(6-8-24)26-11-14-32(29(33)34)17-28(26)36-19-21-15-23-3-1-2-4-25(23)27(16-21)35-18-20-9-12-31-13-10-20/h1-10,12-13,15-16,26,28H,11,14,17-19H2,(H,33,34)/p-1. The Morgan fingerprint density at radius 2 is 1.78 bits per heavy atom. The van der Waals surface area contributed by atoms with Crippen LogP contribution in [0.5, 0.6) is 5.75 Å². The topological polar surface area (TPSA) is 74.7 Å². The van der Waals surface area contributed by atoms with Gasteiger partial charge in [0.05, 0.1) is 12.7 Å². The first-order chi connectivity index (χ1) is 17.6. The van der Waals surface area contributed by atoms with Crippen molar-refractivity contribution in [3.05, 3.63) is 108 Å². The quantitative estimate of drug-likeness (QED) is 0.380. The summed E-state index contributed by atoms with van der Waals surface area (Å²) in [5.41, 5.74) is 2.86. The number of carboxylic acid groups (broad SMARTS) is 1. The molecule has 184 valence electrons. The SMILES string of the molecule is O=C([O-])N1CCC(c2ccc(F)cc2)C(OCc2cc(OCc3ccncc3)c3ccccc3c2)C1. The Morgan fingerprint density at radius 3 is 2.56 bits per heavy atom. The molecular formula is C29H26FN2O4-. The monoisotopic (exact) mass is 485 g/mol. The zero-order chi connectivity index (χ0) is 24.9. The van der Waals surface area contributed by atoms with Gasteiger partial charge in [-0.1, -0.05) is 36.4 Å². The van der Waals surface area contributed by atoms with Crippen LogP contribution in [0.25, 0.3) is 10.8 Å². The third-order valence-electron chi connectivity index (χ3n) is 6.61. The Kier molecular flexibility index (Phi) is 7.09. The number of amides is 1. The number of carbonyl (C=O) groups is 1. The molecular weight excluding hydrogens is 459 g/mol. The van der Waals surface area contributed by atoms with Crippen molar-refractivity contribution in [2.75, 3.05) is 13.1 Å². The summed E-state index contributed by atoms with van der Waals surface area (Å²) in [5, 5.41) is 13.6. The van der Waals surface area contributed by atoms with Gasteiger partial charge in [-0.15, -0.1) is 0 Å². The number of hydrogen-bond acceptors (Lipinski definition) is 5. The minimum Gasteiger partial charge on any atom is -0.530 e. The van der Waals surface area contributed by atoms with Gasteiger partial charge in [0.25, 0.3) is 0 Å². The van der Waals surface area contributed by atoms with Gasteiger partial charge in [0.15, 0.2) is 0 Å². The molecule has 3 aromatic carbocycles. The van der Waals surface area contributed by atoms with E-state index in [0.29, 0.717) is 19.6 Å². The van der Waals surface area contributed by atoms with E-state index < -0.39 is 12.2 Å². The van der Waals surface area contributed by atoms with Gasteiger partial charge in [0, 0.05) is 36.8 Å². The predicted octanol–water partition coefficient (Wildman–Crippen LogP) is 4.67. The van der Waals surface area contributed by atoms with Gasteiger partial charge >= 0.3 is 0 Å². The fraction of sp³-hybridized carbons (Fsp3) is 0.241. The molecule has 0 radical (unpaired) electrons. The second-order valence-electron chi connectivity index (χ2n) is 8.97. The summed E-state index contributed by atoms with van der Waals surface area (Å²) in [6, 6.07) is 22.2. The predicted molar refractivity (Wildman–Crippen MR) is 132 cm³/mol. The van der Waals surface area contributed by atoms with Crippen LogP contribution in [-0.2, 0) is 18.0 Å². The van der Waals surface area contributed by atoms with E-state index in [1.165, 1.54) is 17.0 Å². The summed E-state index contributed by atoms with van der Waals surface area (Å²) in [4.78, 5) is 16.9. The molecule has 2 atom stereocenters. The van der Waals surface area contributed by atoms with Crippen molar-refractivity contribution >= 4 is 16.9 Å². The Hall–Kier alpha value is -3.97. The molecule has 0 bridgehead atoms. The van der Waals surface area contributed by atoms with Gasteiger partial charge < -0.3 is 24.3 Å². The fourth-order valence-electron chi connectivity index (χ4n) is 4.72. The lowest BCUT2D eigenvalue weighted by molar-refractivity contribution is -0.268. The highest BCUT2D eigenvalue weighted by Crippen LogP contribution is 2.33. The van der Waals surface area contributed by atoms with Gasteiger partial charge in [-0.2, -0.15) is 0 Å². The van der Waals surface area contributed by atoms with E-state index in [-0.39, 0.29) is 24.9 Å². The number of likely N-dealkylation sites (tertiary alicyclic amines) is 1. The molecule has 1 aromatic heterocycles. The molecule has 6 nitrogen and oxygen atoms in total. The van der Waals surface area contributed by atoms with Crippen molar-refractivity contribution in [2.24, 2.45) is 0 Å². The molecule has 36 heavy (non-hydrogen) atoms. The van der Waals surface area contributed by atoms with E-state index in [1.54, 1.807) is 24.5 Å². The number of aromatic nitrogens is 1. The maximum Gasteiger partial charge on any atom is 0.137 e. The van der Waals surface area contributed by atoms with Crippen LogP contribution in [0.15, 0.2) is 85.2 Å². The van der Waals surface area contributed by atoms with Gasteiger partial charge in [-0.05, 0) is 64.9 Å². The van der Waals surface area contributed by atoms with E-state index in [9.17, 15) is 14.3 Å². The van der Waals surface area contributed by atoms with E-state index in [4.69, 9.17) is 9.47 Å². The molecule has 0 saturated carbocycles. The summed E-state index contributed by atoms with van der Waals surface area (Å²) < 4.78 is 26.0. The van der Waals surface area contributed by atoms with E-state index in [2.05, 4.69) is 11.1 Å². The molecule has 0 spiro atoms. The largest absolute Gasteiger partial charge is 0.530 e. The number of carbonyl (C=O) groups excluding carboxylic acids is 1. The highest BCUT2D eigenvalue weighted by Gasteiger charge is 2.31. The number of rotatable bonds is 7. The van der Waals surface area contributed by atoms with Crippen LogP contribution in [0.3, 0.4) is 0 Å². The zero-order valence-electron chi connectivity index (χ0n) is 19.7. The van der Waals surface area contributed by atoms with E-state index in [1.807, 2.05) is 42.5 Å². The first-order valence-electron chi connectivity index (χ1n) is 11.9. The zero-order valence-corrected chi connectivity index (χ0v) is 19.7. The molecule has 1 aliphatic rings. The Labute approximate surface area is 208 Å². The number of ether oxygens (including phenoxy) is 2. The third-order valence-corrected chi connectivity index (χ3v) is 6.61. The average Bonchev–Trinajstić information content (AvgIpc) is 2.91. The number of nitrogens with zero attached hydrogens (tertiary/aromatic N) is 2. The summed E-state index contributed by atoms with van der Waals surface area (Å²) in [7, 11) is 0. The number of halogens is 1. The fourth-order valence-corrected chi connectivity index (χ4v) is 4.72. The number of piperidine rings is 1. The molecule has 0 N–H and O–H groups in total. The maximum atomic E-state index is 13.5. The molecule has 5 rings (SSSR count). The summed E-state index contributed by atoms with van der Waals surface area (Å²) in [6.45, 7) is 1.24. The molecule has 0 aliphatic carbocycles. The van der Waals surface area contributed by atoms with Crippen molar-refractivity contribution in [1.82, 2.24) is 9.88 Å². The first kappa shape index (κ1) is 23.8. The van der Waals surface area contributed by atoms with Crippen LogP contribution < -0.4 is 9.84 Å². The minimum absolute atomic E-state index is 0.0518. The first-order valence-corrected chi connectivity index (χ1v) is 11.9. The van der Waals surface area contributed by atoms with Crippen molar-refractivity contribution in [1.29, 1.82) is 0 Å². The van der Waals surface area contributed by atoms with Crippen LogP contribution in [0.2, 0.25) is 0 Å². The van der Waals surface area contributed by atoms with Crippen molar-refractivity contribution in [2.45, 2.75) is 31.7 Å². The second kappa shape index (κ2) is 10.7. The highest BCUT2D eigenvalue weighted by molar-refractivity contribution is 5.89. The second-order valence-corrected chi connectivity index (χ2v) is 8.97. The average molecular weight is 486 g/mol. The van der Waals surface area contributed by atoms with Crippen molar-refractivity contribution in [3.8, 4) is 5.75 Å². The molecule has 7 heteroatoms. The van der Waals surface area contributed by atoms with E-state index in [0.717, 1.165) is 33.2 Å². The summed E-state index contributed by atoms with van der Waals surface area (Å²) in [5.74, 6) is 0.390. The molecule has 2 heterocycles. The van der Waals surface area contributed by atoms with Gasteiger partial charge in [0.2, 0.25) is 0 Å². The lowest BCUT2D eigenvalue weighted by Gasteiger charge is -2.40. The lowest BCUT2D eigenvalue weighted by atomic mass is 9.87. The summed E-state index contributed by atoms with van der Waals surface area (Å²) in [6.07, 6.45) is 2.44. The van der Waals surface area contributed by atoms with Gasteiger partial charge in [-0.25, -0.2) is 4.39 Å². The van der Waals surface area contributed by atoms with Crippen LogP contribution in [-0.4, -0.2) is 35.2 Å². The van der Waals surface area contributed by atoms with E-state index >= 15 is 0 Å². The lowest BCUT2D eigenvalue weighted by Crippen LogP contribution is -2.51. The van der Waals surface area contributed by atoms with Crippen LogP contribution in [0.1, 0.15) is 29.0 Å². The van der Waals surface area contributed by atoms with Crippen molar-refractivity contribution < 1.29 is 23.8 Å². The van der Waals surface area contributed by atoms with Gasteiger partial charge in [0.1, 0.15) is 24.3 Å². The van der Waals surface area contributed by atoms with Crippen LogP contribution in [0.4, 0.5) is 9.18 Å². The Bertz CT molecular complexity index is 1330. The molecule has 1 fully saturated rings. The van der Waals surface area contributed by atoms with Crippen molar-refractivity contribution in [3.63, 3.8) is 0 Å². The van der Waals surface area contributed by atoms with Crippen LogP contribution in [0, 0.1) is 5.82 Å². The smallest absolute Gasteiger partial charge is 0.137 e. The number of pyridine rings is 1. The molecule has 1 saturated heterocycles. The highest BCUT2D eigenvalue weighted by atomic mass is 19.1. The third kappa shape index (κ3) is 5.47. The normalized spacial score (nSPS) is 17.8. The molecule has 2 unspecified atom stereocenters. The molecule has 1 amide bonds. The maximum absolute atomic E-state index is 13.5. The van der Waals surface area contributed by atoms with Gasteiger partial charge in [-0.3, -0.25) is 4.98 Å². The number of hydrogen-bond donors (Lipinski definition) is 0. The Morgan fingerprint density at radius 1 is 1.00 bits per heavy atom. The number of benzene rings is 3. The summed E-state index contributed by atoms with van der Waals surface area (Å²) >= 11 is 0. The van der Waals surface area contributed by atoms with Crippen LogP contribution >= 0.6 is 0 Å². The Balaban J connectivity index is 1.37.